The van der Waals surface area contributed by atoms with Crippen LogP contribution < -0.4 is 10.9 Å². The van der Waals surface area contributed by atoms with E-state index in [-0.39, 0.29) is 18.6 Å². The van der Waals surface area contributed by atoms with Gasteiger partial charge in [-0.2, -0.15) is 5.10 Å². The van der Waals surface area contributed by atoms with E-state index < -0.39 is 26.7 Å². The van der Waals surface area contributed by atoms with E-state index in [0.29, 0.717) is 5.69 Å². The van der Waals surface area contributed by atoms with Gasteiger partial charge in [0.05, 0.1) is 22.1 Å². The highest BCUT2D eigenvalue weighted by Crippen LogP contribution is 2.27. The molecule has 3 aromatic rings. The largest absolute Gasteiger partial charge is 0.353 e. The minimum Gasteiger partial charge on any atom is -0.353 e. The third kappa shape index (κ3) is 4.71. The second-order valence-corrected chi connectivity index (χ2v) is 9.21. The Hall–Kier alpha value is -3.00. The first-order valence-electron chi connectivity index (χ1n) is 8.42. The molecule has 0 bridgehead atoms. The van der Waals surface area contributed by atoms with Crippen molar-refractivity contribution < 1.29 is 13.2 Å². The van der Waals surface area contributed by atoms with E-state index in [2.05, 4.69) is 30.9 Å². The van der Waals surface area contributed by atoms with Gasteiger partial charge < -0.3 is 5.32 Å². The first kappa shape index (κ1) is 20.7. The number of nitrogens with zero attached hydrogens (tertiary/aromatic N) is 7. The summed E-state index contributed by atoms with van der Waals surface area (Å²) in [6.07, 6.45) is 0. The Balaban J connectivity index is 1.64. The van der Waals surface area contributed by atoms with Crippen LogP contribution in [0.5, 0.6) is 0 Å². The van der Waals surface area contributed by atoms with Crippen molar-refractivity contribution in [2.75, 3.05) is 12.3 Å². The van der Waals surface area contributed by atoms with E-state index >= 15 is 0 Å². The van der Waals surface area contributed by atoms with Crippen molar-refractivity contribution >= 4 is 27.1 Å². The zero-order valence-electron chi connectivity index (χ0n) is 15.9. The van der Waals surface area contributed by atoms with Crippen molar-refractivity contribution in [3.05, 3.63) is 33.2 Å². The van der Waals surface area contributed by atoms with Crippen molar-refractivity contribution in [2.24, 2.45) is 7.05 Å². The standard InChI is InChI=1S/C15H18N8O4S2/c1-9-14(28-10(2)17-9)11-4-5-13(25)23(19-11)7-6-16-12(24)8-29(26,27)15-18-20-21-22(15)3/h4-5H,6-8H2,1-3H3,(H,16,24). The van der Waals surface area contributed by atoms with Crippen LogP contribution in [-0.2, 0) is 28.2 Å². The molecule has 0 fully saturated rings. The molecule has 1 amide bonds. The van der Waals surface area contributed by atoms with Gasteiger partial charge in [-0.25, -0.2) is 22.8 Å². The second kappa shape index (κ2) is 8.16. The monoisotopic (exact) mass is 438 g/mol. The van der Waals surface area contributed by atoms with E-state index in [0.717, 1.165) is 20.3 Å². The van der Waals surface area contributed by atoms with Crippen LogP contribution in [0.3, 0.4) is 0 Å². The van der Waals surface area contributed by atoms with Gasteiger partial charge in [-0.1, -0.05) is 5.10 Å². The van der Waals surface area contributed by atoms with Gasteiger partial charge >= 0.3 is 0 Å². The van der Waals surface area contributed by atoms with Crippen molar-refractivity contribution in [3.63, 3.8) is 0 Å². The van der Waals surface area contributed by atoms with Gasteiger partial charge in [0.1, 0.15) is 11.4 Å². The summed E-state index contributed by atoms with van der Waals surface area (Å²) in [6.45, 7) is 3.87. The Labute approximate surface area is 169 Å². The maximum Gasteiger partial charge on any atom is 0.267 e. The summed E-state index contributed by atoms with van der Waals surface area (Å²) in [5.74, 6) is -1.53. The highest BCUT2D eigenvalue weighted by Gasteiger charge is 2.24. The summed E-state index contributed by atoms with van der Waals surface area (Å²) in [7, 11) is -2.61. The number of hydrogen-bond donors (Lipinski definition) is 1. The van der Waals surface area contributed by atoms with Gasteiger partial charge in [0.15, 0.2) is 0 Å². The molecule has 0 spiro atoms. The van der Waals surface area contributed by atoms with Gasteiger partial charge in [-0.05, 0) is 30.3 Å². The summed E-state index contributed by atoms with van der Waals surface area (Å²) in [6, 6.07) is 3.02. The van der Waals surface area contributed by atoms with E-state index in [1.807, 2.05) is 13.8 Å². The maximum atomic E-state index is 12.2. The second-order valence-electron chi connectivity index (χ2n) is 6.12. The number of amides is 1. The molecule has 0 saturated carbocycles. The maximum absolute atomic E-state index is 12.2. The summed E-state index contributed by atoms with van der Waals surface area (Å²) >= 11 is 1.47. The third-order valence-corrected chi connectivity index (χ3v) is 6.47. The molecule has 154 valence electrons. The summed E-state index contributed by atoms with van der Waals surface area (Å²) in [4.78, 5) is 29.3. The van der Waals surface area contributed by atoms with E-state index in [1.165, 1.54) is 29.1 Å². The number of carbonyl (C=O) groups is 1. The van der Waals surface area contributed by atoms with E-state index in [1.54, 1.807) is 6.07 Å². The predicted molar refractivity (Wildman–Crippen MR) is 103 cm³/mol. The zero-order valence-corrected chi connectivity index (χ0v) is 17.5. The molecule has 0 atom stereocenters. The Morgan fingerprint density at radius 2 is 2.03 bits per heavy atom. The van der Waals surface area contributed by atoms with Crippen LogP contribution >= 0.6 is 11.3 Å². The number of aryl methyl sites for hydroxylation is 3. The van der Waals surface area contributed by atoms with E-state index in [9.17, 15) is 18.0 Å². The molecule has 14 heteroatoms. The Kier molecular flexibility index (Phi) is 5.83. The van der Waals surface area contributed by atoms with Crippen molar-refractivity contribution in [1.82, 2.24) is 40.3 Å². The van der Waals surface area contributed by atoms with Crippen LogP contribution in [0.4, 0.5) is 0 Å². The van der Waals surface area contributed by atoms with Crippen LogP contribution in [-0.4, -0.2) is 61.6 Å². The van der Waals surface area contributed by atoms with Crippen LogP contribution in [0.25, 0.3) is 10.6 Å². The number of thiazole rings is 1. The number of hydrogen-bond acceptors (Lipinski definition) is 10. The lowest BCUT2D eigenvalue weighted by atomic mass is 10.3. The Bertz CT molecular complexity index is 1210. The number of sulfone groups is 1. The SMILES string of the molecule is Cc1nc(C)c(-c2ccc(=O)n(CCNC(=O)CS(=O)(=O)c3nnnn3C)n2)s1. The normalized spacial score (nSPS) is 11.6. The summed E-state index contributed by atoms with van der Waals surface area (Å²) < 4.78 is 26.5. The molecule has 3 heterocycles. The molecule has 29 heavy (non-hydrogen) atoms. The number of tetrazole rings is 1. The summed E-state index contributed by atoms with van der Waals surface area (Å²) in [5, 5.41) is 17.4. The first-order chi connectivity index (χ1) is 13.7. The van der Waals surface area contributed by atoms with Gasteiger partial charge in [0.25, 0.3) is 10.7 Å². The lowest BCUT2D eigenvalue weighted by Crippen LogP contribution is -2.35. The van der Waals surface area contributed by atoms with Gasteiger partial charge in [0.2, 0.25) is 15.7 Å². The predicted octanol–water partition coefficient (Wildman–Crippen LogP) is -0.903. The quantitative estimate of drug-likeness (QED) is 0.494. The first-order valence-corrected chi connectivity index (χ1v) is 10.9. The lowest BCUT2D eigenvalue weighted by molar-refractivity contribution is -0.118. The van der Waals surface area contributed by atoms with Crippen molar-refractivity contribution in [2.45, 2.75) is 25.5 Å². The van der Waals surface area contributed by atoms with Crippen molar-refractivity contribution in [1.29, 1.82) is 0 Å². The van der Waals surface area contributed by atoms with E-state index in [4.69, 9.17) is 0 Å². The lowest BCUT2D eigenvalue weighted by Gasteiger charge is -2.08. The molecule has 3 aromatic heterocycles. The number of nitrogens with one attached hydrogen (secondary N) is 1. The van der Waals surface area contributed by atoms with Gasteiger partial charge in [-0.3, -0.25) is 9.59 Å². The van der Waals surface area contributed by atoms with Crippen molar-refractivity contribution in [3.8, 4) is 10.6 Å². The fourth-order valence-electron chi connectivity index (χ4n) is 2.57. The minimum atomic E-state index is -3.97. The molecular formula is C15H18N8O4S2. The summed E-state index contributed by atoms with van der Waals surface area (Å²) in [5.41, 5.74) is 1.10. The average molecular weight is 438 g/mol. The van der Waals surface area contributed by atoms with Crippen LogP contribution in [0, 0.1) is 13.8 Å². The Morgan fingerprint density at radius 3 is 2.66 bits per heavy atom. The highest BCUT2D eigenvalue weighted by atomic mass is 32.2. The van der Waals surface area contributed by atoms with Crippen LogP contribution in [0.1, 0.15) is 10.7 Å². The van der Waals surface area contributed by atoms with Crippen LogP contribution in [0.2, 0.25) is 0 Å². The molecule has 0 radical (unpaired) electrons. The third-order valence-electron chi connectivity index (χ3n) is 3.83. The number of carbonyl (C=O) groups excluding carboxylic acids is 1. The molecule has 0 aliphatic heterocycles. The molecule has 3 rings (SSSR count). The average Bonchev–Trinajstić information content (AvgIpc) is 3.21. The Morgan fingerprint density at radius 1 is 1.28 bits per heavy atom. The zero-order chi connectivity index (χ0) is 21.2. The fraction of sp³-hybridized carbons (Fsp3) is 0.400. The number of rotatable bonds is 7. The fourth-order valence-corrected chi connectivity index (χ4v) is 4.63. The highest BCUT2D eigenvalue weighted by molar-refractivity contribution is 7.91. The molecule has 0 saturated heterocycles. The molecule has 1 N–H and O–H groups in total. The van der Waals surface area contributed by atoms with Crippen LogP contribution in [0.15, 0.2) is 22.1 Å². The smallest absolute Gasteiger partial charge is 0.267 e. The molecule has 0 aliphatic carbocycles. The topological polar surface area (TPSA) is 155 Å². The van der Waals surface area contributed by atoms with Gasteiger partial charge in [0, 0.05) is 19.7 Å². The molecule has 0 aliphatic rings. The molecule has 0 aromatic carbocycles. The molecule has 12 nitrogen and oxygen atoms in total. The number of aromatic nitrogens is 7. The minimum absolute atomic E-state index is 0.0302. The molecular weight excluding hydrogens is 420 g/mol. The molecule has 0 unspecified atom stereocenters. The van der Waals surface area contributed by atoms with Gasteiger partial charge in [-0.15, -0.1) is 11.3 Å².